The quantitative estimate of drug-likeness (QED) is 0.898. The van der Waals surface area contributed by atoms with Crippen molar-refractivity contribution in [3.05, 3.63) is 18.3 Å². The van der Waals surface area contributed by atoms with Gasteiger partial charge < -0.3 is 15.1 Å². The van der Waals surface area contributed by atoms with Crippen LogP contribution in [0.25, 0.3) is 0 Å². The summed E-state index contributed by atoms with van der Waals surface area (Å²) in [4.78, 5) is 19.8. The van der Waals surface area contributed by atoms with E-state index >= 15 is 0 Å². The molecule has 1 fully saturated rings. The molecule has 2 rings (SSSR count). The second-order valence-corrected chi connectivity index (χ2v) is 5.19. The standard InChI is InChI=1S/C14H22N4O/c1-11(2)16-14-10-13(4-5-15-14)18-8-6-17(7-9-18)12(3)19/h4-5,10-11H,6-9H2,1-3H3,(H,15,16). The molecular formula is C14H22N4O. The van der Waals surface area contributed by atoms with E-state index in [-0.39, 0.29) is 5.91 Å². The van der Waals surface area contributed by atoms with Gasteiger partial charge in [-0.25, -0.2) is 4.98 Å². The fraction of sp³-hybridized carbons (Fsp3) is 0.571. The molecule has 104 valence electrons. The lowest BCUT2D eigenvalue weighted by molar-refractivity contribution is -0.129. The predicted molar refractivity (Wildman–Crippen MR) is 77.5 cm³/mol. The molecule has 2 heterocycles. The van der Waals surface area contributed by atoms with Gasteiger partial charge in [0.1, 0.15) is 5.82 Å². The number of nitrogens with zero attached hydrogens (tertiary/aromatic N) is 3. The first-order chi connectivity index (χ1) is 9.06. The van der Waals surface area contributed by atoms with Gasteiger partial charge in [-0.05, 0) is 19.9 Å². The van der Waals surface area contributed by atoms with Crippen molar-refractivity contribution in [3.8, 4) is 0 Å². The Bertz CT molecular complexity index is 439. The van der Waals surface area contributed by atoms with Crippen LogP contribution in [0.2, 0.25) is 0 Å². The van der Waals surface area contributed by atoms with E-state index in [0.29, 0.717) is 6.04 Å². The third-order valence-electron chi connectivity index (χ3n) is 3.27. The number of hydrogen-bond acceptors (Lipinski definition) is 4. The average Bonchev–Trinajstić information content (AvgIpc) is 2.38. The van der Waals surface area contributed by atoms with Crippen molar-refractivity contribution >= 4 is 17.4 Å². The molecule has 0 spiro atoms. The number of hydrogen-bond donors (Lipinski definition) is 1. The Morgan fingerprint density at radius 1 is 1.32 bits per heavy atom. The highest BCUT2D eigenvalue weighted by Gasteiger charge is 2.18. The number of pyridine rings is 1. The normalized spacial score (nSPS) is 15.8. The summed E-state index contributed by atoms with van der Waals surface area (Å²) in [5, 5.41) is 3.31. The first-order valence-electron chi connectivity index (χ1n) is 6.79. The summed E-state index contributed by atoms with van der Waals surface area (Å²) in [5.74, 6) is 1.07. The zero-order valence-corrected chi connectivity index (χ0v) is 11.9. The second-order valence-electron chi connectivity index (χ2n) is 5.19. The van der Waals surface area contributed by atoms with Crippen molar-refractivity contribution < 1.29 is 4.79 Å². The molecule has 0 aliphatic carbocycles. The molecule has 1 aromatic heterocycles. The van der Waals surface area contributed by atoms with Gasteiger partial charge in [0.05, 0.1) is 0 Å². The molecule has 1 N–H and O–H groups in total. The Kier molecular flexibility index (Phi) is 4.24. The number of rotatable bonds is 3. The van der Waals surface area contributed by atoms with E-state index < -0.39 is 0 Å². The van der Waals surface area contributed by atoms with Gasteiger partial charge in [0, 0.05) is 57.1 Å². The van der Waals surface area contributed by atoms with Gasteiger partial charge in [-0.3, -0.25) is 4.79 Å². The van der Waals surface area contributed by atoms with Crippen LogP contribution in [0.15, 0.2) is 18.3 Å². The molecule has 5 heteroatoms. The summed E-state index contributed by atoms with van der Waals surface area (Å²) in [6, 6.07) is 4.47. The minimum atomic E-state index is 0.163. The monoisotopic (exact) mass is 262 g/mol. The van der Waals surface area contributed by atoms with Crippen LogP contribution in [0, 0.1) is 0 Å². The van der Waals surface area contributed by atoms with Crippen molar-refractivity contribution in [2.24, 2.45) is 0 Å². The Morgan fingerprint density at radius 2 is 2.00 bits per heavy atom. The lowest BCUT2D eigenvalue weighted by atomic mass is 10.2. The minimum absolute atomic E-state index is 0.163. The van der Waals surface area contributed by atoms with E-state index in [4.69, 9.17) is 0 Å². The number of amides is 1. The van der Waals surface area contributed by atoms with Gasteiger partial charge in [0.15, 0.2) is 0 Å². The number of piperazine rings is 1. The summed E-state index contributed by atoms with van der Waals surface area (Å²) < 4.78 is 0. The fourth-order valence-electron chi connectivity index (χ4n) is 2.27. The van der Waals surface area contributed by atoms with E-state index in [0.717, 1.165) is 32.0 Å². The summed E-state index contributed by atoms with van der Waals surface area (Å²) in [6.45, 7) is 9.18. The predicted octanol–water partition coefficient (Wildman–Crippen LogP) is 1.57. The number of aromatic nitrogens is 1. The van der Waals surface area contributed by atoms with Crippen molar-refractivity contribution in [1.29, 1.82) is 0 Å². The van der Waals surface area contributed by atoms with Crippen LogP contribution in [0.5, 0.6) is 0 Å². The van der Waals surface area contributed by atoms with E-state index in [2.05, 4.69) is 35.1 Å². The summed E-state index contributed by atoms with van der Waals surface area (Å²) in [6.07, 6.45) is 1.83. The molecule has 0 atom stereocenters. The Hall–Kier alpha value is -1.78. The molecule has 1 aliphatic rings. The summed E-state index contributed by atoms with van der Waals surface area (Å²) in [5.41, 5.74) is 1.17. The molecule has 1 aliphatic heterocycles. The Balaban J connectivity index is 2.01. The summed E-state index contributed by atoms with van der Waals surface area (Å²) >= 11 is 0. The van der Waals surface area contributed by atoms with Gasteiger partial charge >= 0.3 is 0 Å². The van der Waals surface area contributed by atoms with Crippen molar-refractivity contribution in [3.63, 3.8) is 0 Å². The second kappa shape index (κ2) is 5.91. The van der Waals surface area contributed by atoms with E-state index in [1.54, 1.807) is 6.92 Å². The SMILES string of the molecule is CC(=O)N1CCN(c2ccnc(NC(C)C)c2)CC1. The molecule has 0 saturated carbocycles. The van der Waals surface area contributed by atoms with Crippen molar-refractivity contribution in [1.82, 2.24) is 9.88 Å². The molecule has 1 amide bonds. The van der Waals surface area contributed by atoms with E-state index in [1.165, 1.54) is 5.69 Å². The summed E-state index contributed by atoms with van der Waals surface area (Å²) in [7, 11) is 0. The fourth-order valence-corrected chi connectivity index (χ4v) is 2.27. The average molecular weight is 262 g/mol. The van der Waals surface area contributed by atoms with Crippen molar-refractivity contribution in [2.45, 2.75) is 26.8 Å². The highest BCUT2D eigenvalue weighted by molar-refractivity contribution is 5.73. The van der Waals surface area contributed by atoms with Crippen LogP contribution in [-0.2, 0) is 4.79 Å². The van der Waals surface area contributed by atoms with Crippen LogP contribution in [0.1, 0.15) is 20.8 Å². The highest BCUT2D eigenvalue weighted by atomic mass is 16.2. The molecule has 0 radical (unpaired) electrons. The first kappa shape index (κ1) is 13.6. The molecule has 0 bridgehead atoms. The smallest absolute Gasteiger partial charge is 0.219 e. The van der Waals surface area contributed by atoms with E-state index in [1.807, 2.05) is 17.2 Å². The number of carbonyl (C=O) groups excluding carboxylic acids is 1. The van der Waals surface area contributed by atoms with Gasteiger partial charge in [-0.1, -0.05) is 0 Å². The van der Waals surface area contributed by atoms with Crippen LogP contribution >= 0.6 is 0 Å². The van der Waals surface area contributed by atoms with Gasteiger partial charge in [-0.15, -0.1) is 0 Å². The molecule has 0 unspecified atom stereocenters. The third kappa shape index (κ3) is 3.59. The highest BCUT2D eigenvalue weighted by Crippen LogP contribution is 2.19. The van der Waals surface area contributed by atoms with Crippen LogP contribution in [-0.4, -0.2) is 48.0 Å². The molecule has 5 nitrogen and oxygen atoms in total. The van der Waals surface area contributed by atoms with Crippen LogP contribution in [0.3, 0.4) is 0 Å². The van der Waals surface area contributed by atoms with Crippen LogP contribution < -0.4 is 10.2 Å². The lowest BCUT2D eigenvalue weighted by Gasteiger charge is -2.35. The Morgan fingerprint density at radius 3 is 2.58 bits per heavy atom. The van der Waals surface area contributed by atoms with Gasteiger partial charge in [0.2, 0.25) is 5.91 Å². The maximum atomic E-state index is 11.3. The molecule has 1 aromatic rings. The molecule has 0 aromatic carbocycles. The first-order valence-corrected chi connectivity index (χ1v) is 6.79. The van der Waals surface area contributed by atoms with E-state index in [9.17, 15) is 4.79 Å². The zero-order valence-electron chi connectivity index (χ0n) is 11.9. The zero-order chi connectivity index (χ0) is 13.8. The van der Waals surface area contributed by atoms with Crippen molar-refractivity contribution in [2.75, 3.05) is 36.4 Å². The van der Waals surface area contributed by atoms with Crippen LogP contribution in [0.4, 0.5) is 11.5 Å². The molecular weight excluding hydrogens is 240 g/mol. The largest absolute Gasteiger partial charge is 0.368 e. The van der Waals surface area contributed by atoms with Gasteiger partial charge in [0.25, 0.3) is 0 Å². The third-order valence-corrected chi connectivity index (χ3v) is 3.27. The maximum absolute atomic E-state index is 11.3. The number of carbonyl (C=O) groups is 1. The minimum Gasteiger partial charge on any atom is -0.368 e. The molecule has 1 saturated heterocycles. The van der Waals surface area contributed by atoms with Gasteiger partial charge in [-0.2, -0.15) is 0 Å². The topological polar surface area (TPSA) is 48.5 Å². The number of anilines is 2. The lowest BCUT2D eigenvalue weighted by Crippen LogP contribution is -2.48. The number of nitrogens with one attached hydrogen (secondary N) is 1. The molecule has 19 heavy (non-hydrogen) atoms. The maximum Gasteiger partial charge on any atom is 0.219 e. The Labute approximate surface area is 114 Å².